The number of hydrogen-bond donors (Lipinski definition) is 2. The van der Waals surface area contributed by atoms with Crippen molar-refractivity contribution >= 4 is 16.0 Å². The van der Waals surface area contributed by atoms with Crippen LogP contribution in [0.4, 0.5) is 0 Å². The Labute approximate surface area is 112 Å². The molecule has 1 aromatic heterocycles. The lowest BCUT2D eigenvalue weighted by atomic mass is 10.2. The van der Waals surface area contributed by atoms with E-state index in [-0.39, 0.29) is 23.7 Å². The van der Waals surface area contributed by atoms with E-state index < -0.39 is 16.0 Å². The van der Waals surface area contributed by atoms with Crippen molar-refractivity contribution in [2.45, 2.75) is 25.7 Å². The highest BCUT2D eigenvalue weighted by Crippen LogP contribution is 2.23. The molecule has 0 aliphatic rings. The highest BCUT2D eigenvalue weighted by molar-refractivity contribution is 7.89. The second kappa shape index (κ2) is 5.91. The van der Waals surface area contributed by atoms with E-state index in [1.54, 1.807) is 20.8 Å². The third kappa shape index (κ3) is 3.16. The Balaban J connectivity index is 3.25. The largest absolute Gasteiger partial charge is 0.461 e. The Bertz CT molecular complexity index is 623. The summed E-state index contributed by atoms with van der Waals surface area (Å²) in [5.74, 6) is 1.61. The fourth-order valence-corrected chi connectivity index (χ4v) is 3.13. The quantitative estimate of drug-likeness (QED) is 0.616. The number of terminal acetylenes is 1. The first-order valence-electron chi connectivity index (χ1n) is 5.64. The van der Waals surface area contributed by atoms with Gasteiger partial charge in [-0.05, 0) is 20.8 Å². The third-order valence-corrected chi connectivity index (χ3v) is 4.16. The van der Waals surface area contributed by atoms with Gasteiger partial charge in [-0.25, -0.2) is 13.2 Å². The van der Waals surface area contributed by atoms with Crippen LogP contribution in [-0.2, 0) is 14.8 Å². The molecule has 0 aromatic carbocycles. The number of aryl methyl sites for hydroxylation is 1. The molecule has 0 radical (unpaired) electrons. The van der Waals surface area contributed by atoms with E-state index in [2.05, 4.69) is 15.6 Å². The van der Waals surface area contributed by atoms with Crippen molar-refractivity contribution in [1.82, 2.24) is 9.71 Å². The lowest BCUT2D eigenvalue weighted by molar-refractivity contribution is 0.0519. The number of H-pyrrole nitrogens is 1. The number of sulfonamides is 1. The van der Waals surface area contributed by atoms with Crippen molar-refractivity contribution in [1.29, 1.82) is 0 Å². The monoisotopic (exact) mass is 284 g/mol. The molecule has 0 spiro atoms. The molecular formula is C12H16N2O4S. The van der Waals surface area contributed by atoms with Crippen LogP contribution in [-0.4, -0.2) is 32.5 Å². The van der Waals surface area contributed by atoms with Crippen LogP contribution in [0.3, 0.4) is 0 Å². The normalized spacial score (nSPS) is 11.1. The van der Waals surface area contributed by atoms with Crippen LogP contribution in [0.1, 0.15) is 28.7 Å². The molecule has 104 valence electrons. The van der Waals surface area contributed by atoms with E-state index in [1.807, 2.05) is 0 Å². The predicted octanol–water partition coefficient (Wildman–Crippen LogP) is 0.720. The second-order valence-corrected chi connectivity index (χ2v) is 5.53. The van der Waals surface area contributed by atoms with Crippen molar-refractivity contribution in [3.63, 3.8) is 0 Å². The molecule has 7 heteroatoms. The number of carbonyl (C=O) groups excluding carboxylic acids is 1. The standard InChI is InChI=1S/C12H16N2O4S/c1-5-7-13-19(16,17)11-8(3)10(14-9(11)4)12(15)18-6-2/h1,13-14H,6-7H2,2-4H3. The number of hydrogen-bond acceptors (Lipinski definition) is 4. The summed E-state index contributed by atoms with van der Waals surface area (Å²) in [5.41, 5.74) is 0.825. The number of rotatable bonds is 5. The number of aromatic amines is 1. The van der Waals surface area contributed by atoms with Crippen LogP contribution in [0.15, 0.2) is 4.90 Å². The molecule has 0 atom stereocenters. The molecule has 6 nitrogen and oxygen atoms in total. The molecule has 0 unspecified atom stereocenters. The van der Waals surface area contributed by atoms with Crippen LogP contribution in [0.2, 0.25) is 0 Å². The second-order valence-electron chi connectivity index (χ2n) is 3.83. The minimum Gasteiger partial charge on any atom is -0.461 e. The number of aromatic nitrogens is 1. The van der Waals surface area contributed by atoms with Crippen LogP contribution >= 0.6 is 0 Å². The number of ether oxygens (including phenoxy) is 1. The lowest BCUT2D eigenvalue weighted by Gasteiger charge is -2.05. The van der Waals surface area contributed by atoms with Gasteiger partial charge in [0.1, 0.15) is 10.6 Å². The summed E-state index contributed by atoms with van der Waals surface area (Å²) in [6.07, 6.45) is 5.02. The fourth-order valence-electron chi connectivity index (χ4n) is 1.75. The SMILES string of the molecule is C#CCNS(=O)(=O)c1c(C)[nH]c(C(=O)OCC)c1C. The van der Waals surface area contributed by atoms with Gasteiger partial charge >= 0.3 is 5.97 Å². The molecule has 0 amide bonds. The summed E-state index contributed by atoms with van der Waals surface area (Å²) in [4.78, 5) is 14.4. The molecule has 0 bridgehead atoms. The summed E-state index contributed by atoms with van der Waals surface area (Å²) < 4.78 is 31.2. The Morgan fingerprint density at radius 2 is 2.11 bits per heavy atom. The average molecular weight is 284 g/mol. The Hall–Kier alpha value is -1.78. The first-order valence-corrected chi connectivity index (χ1v) is 7.12. The van der Waals surface area contributed by atoms with Gasteiger partial charge < -0.3 is 9.72 Å². The third-order valence-electron chi connectivity index (χ3n) is 2.48. The zero-order valence-corrected chi connectivity index (χ0v) is 11.8. The summed E-state index contributed by atoms with van der Waals surface area (Å²) in [6.45, 7) is 4.89. The van der Waals surface area contributed by atoms with E-state index in [9.17, 15) is 13.2 Å². The molecule has 1 aromatic rings. The summed E-state index contributed by atoms with van der Waals surface area (Å²) in [6, 6.07) is 0. The first-order chi connectivity index (χ1) is 8.85. The van der Waals surface area contributed by atoms with Gasteiger partial charge in [-0.1, -0.05) is 5.92 Å². The summed E-state index contributed by atoms with van der Waals surface area (Å²) in [5, 5.41) is 0. The molecule has 19 heavy (non-hydrogen) atoms. The Kier molecular flexibility index (Phi) is 4.75. The fraction of sp³-hybridized carbons (Fsp3) is 0.417. The molecule has 1 heterocycles. The van der Waals surface area contributed by atoms with Crippen LogP contribution in [0.5, 0.6) is 0 Å². The summed E-state index contributed by atoms with van der Waals surface area (Å²) in [7, 11) is -3.74. The number of carbonyl (C=O) groups is 1. The van der Waals surface area contributed by atoms with Gasteiger partial charge in [0.05, 0.1) is 13.2 Å². The zero-order chi connectivity index (χ0) is 14.6. The lowest BCUT2D eigenvalue weighted by Crippen LogP contribution is -2.25. The van der Waals surface area contributed by atoms with E-state index >= 15 is 0 Å². The van der Waals surface area contributed by atoms with Crippen molar-refractivity contribution in [3.8, 4) is 12.3 Å². The molecule has 0 fully saturated rings. The number of nitrogens with one attached hydrogen (secondary N) is 2. The molecule has 0 saturated carbocycles. The molecule has 2 N–H and O–H groups in total. The van der Waals surface area contributed by atoms with Gasteiger partial charge in [0, 0.05) is 11.3 Å². The topological polar surface area (TPSA) is 88.3 Å². The Morgan fingerprint density at radius 3 is 2.63 bits per heavy atom. The van der Waals surface area contributed by atoms with Gasteiger partial charge in [0.2, 0.25) is 10.0 Å². The van der Waals surface area contributed by atoms with Crippen LogP contribution < -0.4 is 4.72 Å². The molecule has 1 rings (SSSR count). The first kappa shape index (κ1) is 15.3. The minimum absolute atomic E-state index is 0.0332. The molecule has 0 aliphatic heterocycles. The van der Waals surface area contributed by atoms with Gasteiger partial charge in [-0.3, -0.25) is 0 Å². The van der Waals surface area contributed by atoms with Crippen molar-refractivity contribution in [2.75, 3.05) is 13.2 Å². The van der Waals surface area contributed by atoms with Crippen LogP contribution in [0, 0.1) is 26.2 Å². The smallest absolute Gasteiger partial charge is 0.355 e. The van der Waals surface area contributed by atoms with E-state index in [0.717, 1.165) is 0 Å². The van der Waals surface area contributed by atoms with E-state index in [0.29, 0.717) is 11.3 Å². The van der Waals surface area contributed by atoms with Crippen molar-refractivity contribution in [2.24, 2.45) is 0 Å². The van der Waals surface area contributed by atoms with Gasteiger partial charge in [0.15, 0.2) is 0 Å². The molecule has 0 saturated heterocycles. The van der Waals surface area contributed by atoms with Gasteiger partial charge in [0.25, 0.3) is 0 Å². The highest BCUT2D eigenvalue weighted by Gasteiger charge is 2.26. The minimum atomic E-state index is -3.74. The summed E-state index contributed by atoms with van der Waals surface area (Å²) >= 11 is 0. The van der Waals surface area contributed by atoms with Gasteiger partial charge in [-0.2, -0.15) is 4.72 Å². The van der Waals surface area contributed by atoms with Gasteiger partial charge in [-0.15, -0.1) is 6.42 Å². The maximum Gasteiger partial charge on any atom is 0.355 e. The average Bonchev–Trinajstić information content (AvgIpc) is 2.63. The molecule has 0 aliphatic carbocycles. The van der Waals surface area contributed by atoms with E-state index in [4.69, 9.17) is 11.2 Å². The zero-order valence-electron chi connectivity index (χ0n) is 11.0. The highest BCUT2D eigenvalue weighted by atomic mass is 32.2. The molecular weight excluding hydrogens is 268 g/mol. The maximum atomic E-state index is 12.0. The maximum absolute atomic E-state index is 12.0. The van der Waals surface area contributed by atoms with Crippen molar-refractivity contribution in [3.05, 3.63) is 17.0 Å². The van der Waals surface area contributed by atoms with Crippen molar-refractivity contribution < 1.29 is 17.9 Å². The number of esters is 1. The predicted molar refractivity (Wildman–Crippen MR) is 70.2 cm³/mol. The van der Waals surface area contributed by atoms with E-state index in [1.165, 1.54) is 0 Å². The van der Waals surface area contributed by atoms with Crippen LogP contribution in [0.25, 0.3) is 0 Å². The Morgan fingerprint density at radius 1 is 1.47 bits per heavy atom.